The van der Waals surface area contributed by atoms with Crippen LogP contribution in [-0.2, 0) is 4.79 Å². The third-order valence-corrected chi connectivity index (χ3v) is 3.06. The number of allylic oxidation sites excluding steroid dienone is 6. The fourth-order valence-electron chi connectivity index (χ4n) is 1.84. The number of carboxylic acids is 1. The molecular formula is C19H30O3. The van der Waals surface area contributed by atoms with Crippen LogP contribution in [0.5, 0.6) is 0 Å². The first-order chi connectivity index (χ1) is 10.7. The fourth-order valence-corrected chi connectivity index (χ4v) is 1.84. The predicted molar refractivity (Wildman–Crippen MR) is 92.8 cm³/mol. The van der Waals surface area contributed by atoms with E-state index in [9.17, 15) is 9.90 Å². The summed E-state index contributed by atoms with van der Waals surface area (Å²) in [5.41, 5.74) is 0. The van der Waals surface area contributed by atoms with Crippen molar-refractivity contribution in [2.24, 2.45) is 0 Å². The molecule has 124 valence electrons. The van der Waals surface area contributed by atoms with Crippen LogP contribution in [0.4, 0.5) is 0 Å². The monoisotopic (exact) mass is 306 g/mol. The second-order valence-electron chi connectivity index (χ2n) is 5.20. The first-order valence-electron chi connectivity index (χ1n) is 8.20. The van der Waals surface area contributed by atoms with Crippen molar-refractivity contribution in [2.75, 3.05) is 0 Å². The molecule has 3 nitrogen and oxygen atoms in total. The summed E-state index contributed by atoms with van der Waals surface area (Å²) >= 11 is 0. The van der Waals surface area contributed by atoms with Gasteiger partial charge in [0, 0.05) is 6.42 Å². The van der Waals surface area contributed by atoms with Crippen LogP contribution >= 0.6 is 0 Å². The van der Waals surface area contributed by atoms with Gasteiger partial charge in [0.15, 0.2) is 0 Å². The molecule has 0 amide bonds. The molecule has 0 aromatic carbocycles. The molecule has 0 heterocycles. The van der Waals surface area contributed by atoms with E-state index in [1.165, 1.54) is 0 Å². The number of aliphatic hydroxyl groups excluding tert-OH is 1. The minimum Gasteiger partial charge on any atom is -0.481 e. The molecular weight excluding hydrogens is 276 g/mol. The Labute approximate surface area is 134 Å². The Kier molecular flexibility index (Phi) is 14.6. The van der Waals surface area contributed by atoms with Crippen LogP contribution in [0.15, 0.2) is 48.6 Å². The van der Waals surface area contributed by atoms with E-state index < -0.39 is 12.1 Å². The van der Waals surface area contributed by atoms with Gasteiger partial charge in [-0.2, -0.15) is 0 Å². The van der Waals surface area contributed by atoms with Crippen molar-refractivity contribution in [3.8, 4) is 0 Å². The van der Waals surface area contributed by atoms with Gasteiger partial charge in [-0.05, 0) is 38.5 Å². The average molecular weight is 306 g/mol. The lowest BCUT2D eigenvalue weighted by Gasteiger charge is -1.99. The quantitative estimate of drug-likeness (QED) is 0.292. The van der Waals surface area contributed by atoms with E-state index >= 15 is 0 Å². The smallest absolute Gasteiger partial charge is 0.303 e. The van der Waals surface area contributed by atoms with Gasteiger partial charge in [-0.25, -0.2) is 0 Å². The Balaban J connectivity index is 3.58. The van der Waals surface area contributed by atoms with E-state index in [1.54, 1.807) is 6.08 Å². The van der Waals surface area contributed by atoms with Crippen molar-refractivity contribution in [1.82, 2.24) is 0 Å². The zero-order valence-electron chi connectivity index (χ0n) is 13.7. The second-order valence-corrected chi connectivity index (χ2v) is 5.20. The molecule has 0 saturated carbocycles. The maximum Gasteiger partial charge on any atom is 0.303 e. The van der Waals surface area contributed by atoms with Crippen LogP contribution in [0.25, 0.3) is 0 Å². The van der Waals surface area contributed by atoms with Crippen molar-refractivity contribution in [3.05, 3.63) is 48.6 Å². The lowest BCUT2D eigenvalue weighted by atomic mass is 10.1. The Morgan fingerprint density at radius 1 is 1.00 bits per heavy atom. The van der Waals surface area contributed by atoms with Gasteiger partial charge in [0.1, 0.15) is 0 Å². The zero-order chi connectivity index (χ0) is 16.5. The molecule has 3 heteroatoms. The summed E-state index contributed by atoms with van der Waals surface area (Å²) in [7, 11) is 0. The molecule has 1 unspecified atom stereocenters. The number of carboxylic acid groups (broad SMARTS) is 1. The summed E-state index contributed by atoms with van der Waals surface area (Å²) in [5, 5.41) is 18.2. The summed E-state index contributed by atoms with van der Waals surface area (Å²) in [6.45, 7) is 2.11. The van der Waals surface area contributed by atoms with Gasteiger partial charge in [0.2, 0.25) is 0 Å². The van der Waals surface area contributed by atoms with Crippen LogP contribution in [0.2, 0.25) is 0 Å². The maximum absolute atomic E-state index is 10.3. The summed E-state index contributed by atoms with van der Waals surface area (Å²) in [6, 6.07) is 0. The molecule has 0 rings (SSSR count). The van der Waals surface area contributed by atoms with E-state index in [0.717, 1.165) is 38.5 Å². The summed E-state index contributed by atoms with van der Waals surface area (Å²) < 4.78 is 0. The van der Waals surface area contributed by atoms with E-state index in [-0.39, 0.29) is 6.42 Å². The largest absolute Gasteiger partial charge is 0.481 e. The number of aliphatic hydroxyl groups is 1. The number of hydrogen-bond acceptors (Lipinski definition) is 2. The molecule has 0 fully saturated rings. The van der Waals surface area contributed by atoms with Gasteiger partial charge in [-0.15, -0.1) is 0 Å². The normalized spacial score (nSPS) is 13.9. The highest BCUT2D eigenvalue weighted by molar-refractivity contribution is 5.66. The van der Waals surface area contributed by atoms with Gasteiger partial charge in [0.05, 0.1) is 6.10 Å². The molecule has 0 bridgehead atoms. The Morgan fingerprint density at radius 2 is 1.82 bits per heavy atom. The molecule has 1 atom stereocenters. The van der Waals surface area contributed by atoms with E-state index in [0.29, 0.717) is 6.42 Å². The molecule has 0 aliphatic rings. The van der Waals surface area contributed by atoms with Crippen molar-refractivity contribution in [2.45, 2.75) is 64.4 Å². The molecule has 0 radical (unpaired) electrons. The standard InChI is InChI=1S/C19H30O3/c1-2-3-4-5-6-9-12-15-18(20)16-13-10-7-8-11-14-17-19(21)22/h3-4,6,9-10,12-13,15,18,20H,2,5,7-8,11,14,16-17H2,1H3,(H,21,22)/b4-3-,9-6-,13-10-,15-12+. The highest BCUT2D eigenvalue weighted by Crippen LogP contribution is 2.05. The molecule has 0 saturated heterocycles. The first-order valence-corrected chi connectivity index (χ1v) is 8.20. The molecule has 0 aromatic heterocycles. The molecule has 0 spiro atoms. The van der Waals surface area contributed by atoms with Crippen LogP contribution in [-0.4, -0.2) is 22.3 Å². The average Bonchev–Trinajstić information content (AvgIpc) is 2.48. The summed E-state index contributed by atoms with van der Waals surface area (Å²) in [5.74, 6) is -0.721. The SMILES string of the molecule is CC/C=C\C/C=C\C=C\C(O)C/C=C\CCCCCC(=O)O. The van der Waals surface area contributed by atoms with Crippen LogP contribution in [0.1, 0.15) is 58.3 Å². The highest BCUT2D eigenvalue weighted by atomic mass is 16.4. The van der Waals surface area contributed by atoms with Crippen LogP contribution < -0.4 is 0 Å². The van der Waals surface area contributed by atoms with E-state index in [1.807, 2.05) is 18.2 Å². The molecule has 2 N–H and O–H groups in total. The Morgan fingerprint density at radius 3 is 2.55 bits per heavy atom. The van der Waals surface area contributed by atoms with E-state index in [4.69, 9.17) is 5.11 Å². The summed E-state index contributed by atoms with van der Waals surface area (Å²) in [6.07, 6.45) is 22.0. The lowest BCUT2D eigenvalue weighted by Crippen LogP contribution is -1.98. The molecule has 0 aliphatic carbocycles. The van der Waals surface area contributed by atoms with Gasteiger partial charge in [0.25, 0.3) is 0 Å². The minimum atomic E-state index is -0.721. The maximum atomic E-state index is 10.3. The number of carbonyl (C=O) groups is 1. The fraction of sp³-hybridized carbons (Fsp3) is 0.526. The number of hydrogen-bond donors (Lipinski definition) is 2. The first kappa shape index (κ1) is 20.4. The second kappa shape index (κ2) is 15.8. The highest BCUT2D eigenvalue weighted by Gasteiger charge is 1.96. The molecule has 0 aromatic rings. The van der Waals surface area contributed by atoms with Crippen molar-refractivity contribution < 1.29 is 15.0 Å². The van der Waals surface area contributed by atoms with E-state index in [2.05, 4.69) is 31.2 Å². The summed E-state index contributed by atoms with van der Waals surface area (Å²) in [4.78, 5) is 10.3. The van der Waals surface area contributed by atoms with Gasteiger partial charge in [-0.3, -0.25) is 4.79 Å². The van der Waals surface area contributed by atoms with Crippen molar-refractivity contribution >= 4 is 5.97 Å². The van der Waals surface area contributed by atoms with Gasteiger partial charge in [-0.1, -0.05) is 62.0 Å². The third kappa shape index (κ3) is 16.4. The third-order valence-electron chi connectivity index (χ3n) is 3.06. The topological polar surface area (TPSA) is 57.5 Å². The van der Waals surface area contributed by atoms with Gasteiger partial charge < -0.3 is 10.2 Å². The van der Waals surface area contributed by atoms with Gasteiger partial charge >= 0.3 is 5.97 Å². The van der Waals surface area contributed by atoms with Crippen molar-refractivity contribution in [3.63, 3.8) is 0 Å². The Bertz CT molecular complexity index is 378. The molecule has 0 aliphatic heterocycles. The van der Waals surface area contributed by atoms with Crippen molar-refractivity contribution in [1.29, 1.82) is 0 Å². The zero-order valence-corrected chi connectivity index (χ0v) is 13.7. The van der Waals surface area contributed by atoms with Crippen LogP contribution in [0.3, 0.4) is 0 Å². The number of aliphatic carboxylic acids is 1. The number of unbranched alkanes of at least 4 members (excludes halogenated alkanes) is 3. The minimum absolute atomic E-state index is 0.259. The predicted octanol–water partition coefficient (Wildman–Crippen LogP) is 4.80. The van der Waals surface area contributed by atoms with Crippen LogP contribution in [0, 0.1) is 0 Å². The number of rotatable bonds is 13. The Hall–Kier alpha value is -1.61. The lowest BCUT2D eigenvalue weighted by molar-refractivity contribution is -0.137. The molecule has 22 heavy (non-hydrogen) atoms.